The summed E-state index contributed by atoms with van der Waals surface area (Å²) in [5.41, 5.74) is 1.43. The Labute approximate surface area is 116 Å². The Morgan fingerprint density at radius 3 is 2.45 bits per heavy atom. The predicted molar refractivity (Wildman–Crippen MR) is 74.8 cm³/mol. The number of carboxylic acid groups (broad SMARTS) is 1. The van der Waals surface area contributed by atoms with Crippen molar-refractivity contribution in [3.63, 3.8) is 0 Å². The zero-order valence-electron chi connectivity index (χ0n) is 10.8. The highest BCUT2D eigenvalue weighted by atomic mass is 19.1. The van der Waals surface area contributed by atoms with Crippen molar-refractivity contribution in [2.75, 3.05) is 18.0 Å². The SMILES string of the molecule is O=C(O)c1cccc(F)c1N1CC(c2ccccc2)C1. The molecule has 2 aromatic rings. The third-order valence-corrected chi connectivity index (χ3v) is 3.69. The number of carbonyl (C=O) groups is 1. The van der Waals surface area contributed by atoms with Gasteiger partial charge in [0.2, 0.25) is 0 Å². The number of anilines is 1. The monoisotopic (exact) mass is 271 g/mol. The van der Waals surface area contributed by atoms with E-state index < -0.39 is 11.8 Å². The lowest BCUT2D eigenvalue weighted by atomic mass is 9.90. The third kappa shape index (κ3) is 2.13. The van der Waals surface area contributed by atoms with E-state index in [9.17, 15) is 9.18 Å². The van der Waals surface area contributed by atoms with E-state index in [0.29, 0.717) is 19.0 Å². The van der Waals surface area contributed by atoms with Crippen LogP contribution >= 0.6 is 0 Å². The Bertz CT molecular complexity index is 636. The molecule has 1 fully saturated rings. The van der Waals surface area contributed by atoms with Crippen LogP contribution in [-0.2, 0) is 0 Å². The standard InChI is InChI=1S/C16H14FNO2/c17-14-8-4-7-13(16(19)20)15(14)18-9-12(10-18)11-5-2-1-3-6-11/h1-8,12H,9-10H2,(H,19,20). The fourth-order valence-corrected chi connectivity index (χ4v) is 2.61. The first kappa shape index (κ1) is 12.7. The van der Waals surface area contributed by atoms with E-state index in [1.165, 1.54) is 23.8 Å². The number of aromatic carboxylic acids is 1. The minimum Gasteiger partial charge on any atom is -0.478 e. The Balaban J connectivity index is 1.82. The van der Waals surface area contributed by atoms with Crippen molar-refractivity contribution in [1.29, 1.82) is 0 Å². The molecule has 1 saturated heterocycles. The lowest BCUT2D eigenvalue weighted by molar-refractivity contribution is 0.0696. The molecule has 1 N–H and O–H groups in total. The Morgan fingerprint density at radius 1 is 1.10 bits per heavy atom. The van der Waals surface area contributed by atoms with Gasteiger partial charge in [-0.3, -0.25) is 0 Å². The number of benzene rings is 2. The van der Waals surface area contributed by atoms with Gasteiger partial charge in [-0.2, -0.15) is 0 Å². The van der Waals surface area contributed by atoms with Gasteiger partial charge in [-0.1, -0.05) is 36.4 Å². The summed E-state index contributed by atoms with van der Waals surface area (Å²) in [6.07, 6.45) is 0. The minimum atomic E-state index is -1.09. The van der Waals surface area contributed by atoms with Crippen LogP contribution in [0.4, 0.5) is 10.1 Å². The molecule has 1 heterocycles. The molecule has 0 saturated carbocycles. The first-order valence-corrected chi connectivity index (χ1v) is 6.48. The van der Waals surface area contributed by atoms with Crippen LogP contribution in [-0.4, -0.2) is 24.2 Å². The van der Waals surface area contributed by atoms with Crippen molar-refractivity contribution < 1.29 is 14.3 Å². The van der Waals surface area contributed by atoms with Gasteiger partial charge in [0.15, 0.2) is 0 Å². The molecule has 1 aliphatic heterocycles. The number of halogens is 1. The number of hydrogen-bond donors (Lipinski definition) is 1. The largest absolute Gasteiger partial charge is 0.478 e. The summed E-state index contributed by atoms with van der Waals surface area (Å²) in [5.74, 6) is -1.24. The molecular weight excluding hydrogens is 257 g/mol. The number of hydrogen-bond acceptors (Lipinski definition) is 2. The van der Waals surface area contributed by atoms with Crippen molar-refractivity contribution in [1.82, 2.24) is 0 Å². The zero-order chi connectivity index (χ0) is 14.1. The van der Waals surface area contributed by atoms with Crippen LogP contribution in [0.5, 0.6) is 0 Å². The summed E-state index contributed by atoms with van der Waals surface area (Å²) >= 11 is 0. The highest BCUT2D eigenvalue weighted by molar-refractivity contribution is 5.94. The highest BCUT2D eigenvalue weighted by Crippen LogP contribution is 2.35. The van der Waals surface area contributed by atoms with Gasteiger partial charge in [-0.15, -0.1) is 0 Å². The van der Waals surface area contributed by atoms with Crippen LogP contribution < -0.4 is 4.90 Å². The second-order valence-corrected chi connectivity index (χ2v) is 4.95. The summed E-state index contributed by atoms with van der Waals surface area (Å²) in [5, 5.41) is 9.15. The maximum atomic E-state index is 13.9. The fraction of sp³-hybridized carbons (Fsp3) is 0.188. The van der Waals surface area contributed by atoms with Gasteiger partial charge in [-0.25, -0.2) is 9.18 Å². The van der Waals surface area contributed by atoms with E-state index in [0.717, 1.165) is 0 Å². The van der Waals surface area contributed by atoms with Crippen LogP contribution in [0.3, 0.4) is 0 Å². The van der Waals surface area contributed by atoms with Gasteiger partial charge in [0.05, 0.1) is 11.3 Å². The molecule has 0 aliphatic carbocycles. The molecule has 2 aromatic carbocycles. The van der Waals surface area contributed by atoms with Gasteiger partial charge in [-0.05, 0) is 17.7 Å². The Morgan fingerprint density at radius 2 is 1.80 bits per heavy atom. The maximum Gasteiger partial charge on any atom is 0.337 e. The molecule has 4 heteroatoms. The highest BCUT2D eigenvalue weighted by Gasteiger charge is 2.32. The van der Waals surface area contributed by atoms with Crippen molar-refractivity contribution in [2.24, 2.45) is 0 Å². The summed E-state index contributed by atoms with van der Waals surface area (Å²) in [6, 6.07) is 14.2. The smallest absolute Gasteiger partial charge is 0.337 e. The first-order valence-electron chi connectivity index (χ1n) is 6.48. The molecule has 0 amide bonds. The zero-order valence-corrected chi connectivity index (χ0v) is 10.8. The summed E-state index contributed by atoms with van der Waals surface area (Å²) in [7, 11) is 0. The number of rotatable bonds is 3. The molecule has 0 aromatic heterocycles. The lowest BCUT2D eigenvalue weighted by Gasteiger charge is -2.42. The van der Waals surface area contributed by atoms with Crippen molar-refractivity contribution in [3.8, 4) is 0 Å². The van der Waals surface area contributed by atoms with Gasteiger partial charge < -0.3 is 10.0 Å². The van der Waals surface area contributed by atoms with E-state index in [-0.39, 0.29) is 11.3 Å². The number of carboxylic acids is 1. The van der Waals surface area contributed by atoms with Gasteiger partial charge >= 0.3 is 5.97 Å². The first-order chi connectivity index (χ1) is 9.66. The normalized spacial score (nSPS) is 14.9. The molecule has 0 bridgehead atoms. The van der Waals surface area contributed by atoms with E-state index in [1.807, 2.05) is 30.3 Å². The predicted octanol–water partition coefficient (Wildman–Crippen LogP) is 3.13. The Hall–Kier alpha value is -2.36. The van der Waals surface area contributed by atoms with E-state index in [2.05, 4.69) is 0 Å². The van der Waals surface area contributed by atoms with E-state index in [4.69, 9.17) is 5.11 Å². The molecule has 0 unspecified atom stereocenters. The summed E-state index contributed by atoms with van der Waals surface area (Å²) < 4.78 is 13.9. The third-order valence-electron chi connectivity index (χ3n) is 3.69. The molecule has 0 spiro atoms. The van der Waals surface area contributed by atoms with E-state index >= 15 is 0 Å². The van der Waals surface area contributed by atoms with Crippen LogP contribution in [0, 0.1) is 5.82 Å². The number of nitrogens with zero attached hydrogens (tertiary/aromatic N) is 1. The quantitative estimate of drug-likeness (QED) is 0.932. The second-order valence-electron chi connectivity index (χ2n) is 4.95. The summed E-state index contributed by atoms with van der Waals surface area (Å²) in [6.45, 7) is 1.29. The van der Waals surface area contributed by atoms with E-state index in [1.54, 1.807) is 4.90 Å². The molecular formula is C16H14FNO2. The van der Waals surface area contributed by atoms with Crippen LogP contribution in [0.15, 0.2) is 48.5 Å². The Kier molecular flexibility index (Phi) is 3.14. The minimum absolute atomic E-state index is 0.0245. The maximum absolute atomic E-state index is 13.9. The molecule has 1 aliphatic rings. The topological polar surface area (TPSA) is 40.5 Å². The molecule has 102 valence electrons. The molecule has 20 heavy (non-hydrogen) atoms. The number of para-hydroxylation sites is 1. The molecule has 3 rings (SSSR count). The van der Waals surface area contributed by atoms with Crippen LogP contribution in [0.1, 0.15) is 21.8 Å². The molecule has 0 radical (unpaired) electrons. The average molecular weight is 271 g/mol. The molecule has 0 atom stereocenters. The summed E-state index contributed by atoms with van der Waals surface area (Å²) in [4.78, 5) is 13.0. The van der Waals surface area contributed by atoms with Crippen molar-refractivity contribution in [3.05, 3.63) is 65.5 Å². The van der Waals surface area contributed by atoms with Crippen LogP contribution in [0.25, 0.3) is 0 Å². The second kappa shape index (κ2) is 4.96. The average Bonchev–Trinajstić information content (AvgIpc) is 2.40. The van der Waals surface area contributed by atoms with Gasteiger partial charge in [0.1, 0.15) is 5.82 Å². The van der Waals surface area contributed by atoms with Crippen molar-refractivity contribution >= 4 is 11.7 Å². The lowest BCUT2D eigenvalue weighted by Crippen LogP contribution is -2.46. The van der Waals surface area contributed by atoms with Gasteiger partial charge in [0, 0.05) is 19.0 Å². The van der Waals surface area contributed by atoms with Gasteiger partial charge in [0.25, 0.3) is 0 Å². The van der Waals surface area contributed by atoms with Crippen LogP contribution in [0.2, 0.25) is 0 Å². The van der Waals surface area contributed by atoms with Crippen molar-refractivity contribution in [2.45, 2.75) is 5.92 Å². The molecule has 3 nitrogen and oxygen atoms in total. The fourth-order valence-electron chi connectivity index (χ4n) is 2.61.